The molecule has 0 aliphatic carbocycles. The molecule has 0 radical (unpaired) electrons. The van der Waals surface area contributed by atoms with Crippen molar-refractivity contribution in [3.05, 3.63) is 78.0 Å². The van der Waals surface area contributed by atoms with E-state index in [2.05, 4.69) is 30.7 Å². The number of aryl methyl sites for hydroxylation is 3. The van der Waals surface area contributed by atoms with E-state index in [1.807, 2.05) is 57.2 Å². The van der Waals surface area contributed by atoms with Gasteiger partial charge in [-0.05, 0) is 62.7 Å². The van der Waals surface area contributed by atoms with Gasteiger partial charge in [-0.1, -0.05) is 6.07 Å². The number of aromatic nitrogens is 5. The Kier molecular flexibility index (Phi) is 5.70. The molecule has 2 N–H and O–H groups in total. The molecule has 0 aliphatic heterocycles. The molecule has 0 bridgehead atoms. The second kappa shape index (κ2) is 8.74. The van der Waals surface area contributed by atoms with Crippen LogP contribution in [0.3, 0.4) is 0 Å². The highest BCUT2D eigenvalue weighted by atomic mass is 16.2. The molecule has 0 aliphatic rings. The predicted octanol–water partition coefficient (Wildman–Crippen LogP) is 4.37. The molecule has 0 unspecified atom stereocenters. The standard InChI is InChI=1S/C23H23N7O/c1-4-30-21(12-16(3)29-30)22(31)26-18-8-7-15(2)20(13-18)28-23-25-11-9-19(27-23)17-6-5-10-24-14-17/h5-14H,4H2,1-3H3,(H,26,31)(H,25,27,28). The molecule has 8 heteroatoms. The van der Waals surface area contributed by atoms with Gasteiger partial charge in [0.15, 0.2) is 0 Å². The number of hydrogen-bond donors (Lipinski definition) is 2. The molecule has 4 rings (SSSR count). The van der Waals surface area contributed by atoms with Gasteiger partial charge in [-0.3, -0.25) is 14.5 Å². The summed E-state index contributed by atoms with van der Waals surface area (Å²) in [5, 5.41) is 10.5. The number of nitrogens with zero attached hydrogens (tertiary/aromatic N) is 5. The van der Waals surface area contributed by atoms with Gasteiger partial charge in [0.05, 0.1) is 11.4 Å². The maximum atomic E-state index is 12.7. The Balaban J connectivity index is 1.55. The van der Waals surface area contributed by atoms with Crippen molar-refractivity contribution in [2.45, 2.75) is 27.3 Å². The number of carbonyl (C=O) groups excluding carboxylic acids is 1. The van der Waals surface area contributed by atoms with E-state index >= 15 is 0 Å². The number of rotatable bonds is 6. The second-order valence-corrected chi connectivity index (χ2v) is 7.10. The number of amides is 1. The van der Waals surface area contributed by atoms with Crippen LogP contribution in [0.1, 0.15) is 28.7 Å². The van der Waals surface area contributed by atoms with Crippen LogP contribution in [0, 0.1) is 13.8 Å². The van der Waals surface area contributed by atoms with Crippen LogP contribution in [0.15, 0.2) is 61.1 Å². The zero-order valence-electron chi connectivity index (χ0n) is 17.6. The van der Waals surface area contributed by atoms with E-state index < -0.39 is 0 Å². The summed E-state index contributed by atoms with van der Waals surface area (Å²) in [5.74, 6) is 0.264. The van der Waals surface area contributed by atoms with Gasteiger partial charge in [-0.15, -0.1) is 0 Å². The Morgan fingerprint density at radius 3 is 2.74 bits per heavy atom. The number of carbonyl (C=O) groups is 1. The molecule has 0 atom stereocenters. The minimum absolute atomic E-state index is 0.202. The molecule has 0 fully saturated rings. The largest absolute Gasteiger partial charge is 0.324 e. The Bertz CT molecular complexity index is 1220. The average Bonchev–Trinajstić information content (AvgIpc) is 3.18. The molecule has 3 heterocycles. The van der Waals surface area contributed by atoms with Crippen molar-refractivity contribution in [1.82, 2.24) is 24.7 Å². The van der Waals surface area contributed by atoms with Crippen LogP contribution in [-0.2, 0) is 6.54 Å². The Morgan fingerprint density at radius 2 is 1.97 bits per heavy atom. The third-order valence-corrected chi connectivity index (χ3v) is 4.79. The summed E-state index contributed by atoms with van der Waals surface area (Å²) in [6.07, 6.45) is 5.19. The lowest BCUT2D eigenvalue weighted by molar-refractivity contribution is 0.101. The molecule has 156 valence electrons. The van der Waals surface area contributed by atoms with Crippen molar-refractivity contribution in [1.29, 1.82) is 0 Å². The van der Waals surface area contributed by atoms with Gasteiger partial charge in [0, 0.05) is 42.1 Å². The molecule has 4 aromatic rings. The summed E-state index contributed by atoms with van der Waals surface area (Å²) in [4.78, 5) is 25.8. The fourth-order valence-corrected chi connectivity index (χ4v) is 3.21. The molecule has 1 aromatic carbocycles. The average molecular weight is 413 g/mol. The van der Waals surface area contributed by atoms with E-state index in [-0.39, 0.29) is 5.91 Å². The first-order chi connectivity index (χ1) is 15.0. The van der Waals surface area contributed by atoms with Gasteiger partial charge in [-0.2, -0.15) is 5.10 Å². The first kappa shape index (κ1) is 20.2. The van der Waals surface area contributed by atoms with E-state index in [0.29, 0.717) is 23.9 Å². The van der Waals surface area contributed by atoms with E-state index in [1.54, 1.807) is 29.3 Å². The number of nitrogens with one attached hydrogen (secondary N) is 2. The highest BCUT2D eigenvalue weighted by Gasteiger charge is 2.14. The summed E-state index contributed by atoms with van der Waals surface area (Å²) in [5.41, 5.74) is 5.50. The van der Waals surface area contributed by atoms with Gasteiger partial charge in [-0.25, -0.2) is 9.97 Å². The first-order valence-corrected chi connectivity index (χ1v) is 10.0. The lowest BCUT2D eigenvalue weighted by atomic mass is 10.1. The Labute approximate surface area is 180 Å². The quantitative estimate of drug-likeness (QED) is 0.487. The topological polar surface area (TPSA) is 97.6 Å². The maximum Gasteiger partial charge on any atom is 0.273 e. The Hall–Kier alpha value is -4.07. The summed E-state index contributed by atoms with van der Waals surface area (Å²) < 4.78 is 1.69. The summed E-state index contributed by atoms with van der Waals surface area (Å²) >= 11 is 0. The van der Waals surface area contributed by atoms with Crippen LogP contribution in [0.4, 0.5) is 17.3 Å². The number of pyridine rings is 1. The molecule has 0 saturated carbocycles. The normalized spacial score (nSPS) is 10.7. The summed E-state index contributed by atoms with van der Waals surface area (Å²) in [6.45, 7) is 6.43. The lowest BCUT2D eigenvalue weighted by Gasteiger charge is -2.12. The van der Waals surface area contributed by atoms with Crippen LogP contribution in [0.2, 0.25) is 0 Å². The van der Waals surface area contributed by atoms with Crippen LogP contribution in [-0.4, -0.2) is 30.6 Å². The van der Waals surface area contributed by atoms with Gasteiger partial charge in [0.25, 0.3) is 5.91 Å². The molecule has 1 amide bonds. The minimum Gasteiger partial charge on any atom is -0.324 e. The van der Waals surface area contributed by atoms with Crippen LogP contribution in [0.5, 0.6) is 0 Å². The maximum absolute atomic E-state index is 12.7. The molecular weight excluding hydrogens is 390 g/mol. The molecular formula is C23H23N7O. The smallest absolute Gasteiger partial charge is 0.273 e. The van der Waals surface area contributed by atoms with E-state index in [4.69, 9.17) is 0 Å². The molecule has 3 aromatic heterocycles. The number of hydrogen-bond acceptors (Lipinski definition) is 6. The number of benzene rings is 1. The lowest BCUT2D eigenvalue weighted by Crippen LogP contribution is -2.17. The minimum atomic E-state index is -0.202. The highest BCUT2D eigenvalue weighted by molar-refractivity contribution is 6.03. The third kappa shape index (κ3) is 4.58. The highest BCUT2D eigenvalue weighted by Crippen LogP contribution is 2.24. The molecule has 8 nitrogen and oxygen atoms in total. The van der Waals surface area contributed by atoms with Gasteiger partial charge >= 0.3 is 0 Å². The predicted molar refractivity (Wildman–Crippen MR) is 120 cm³/mol. The van der Waals surface area contributed by atoms with Gasteiger partial charge in [0.1, 0.15) is 5.69 Å². The second-order valence-electron chi connectivity index (χ2n) is 7.10. The molecule has 0 spiro atoms. The third-order valence-electron chi connectivity index (χ3n) is 4.79. The van der Waals surface area contributed by atoms with Gasteiger partial charge < -0.3 is 10.6 Å². The first-order valence-electron chi connectivity index (χ1n) is 10.0. The fraction of sp³-hybridized carbons (Fsp3) is 0.174. The van der Waals surface area contributed by atoms with Crippen molar-refractivity contribution >= 4 is 23.2 Å². The van der Waals surface area contributed by atoms with Crippen molar-refractivity contribution in [3.8, 4) is 11.3 Å². The van der Waals surface area contributed by atoms with Crippen molar-refractivity contribution < 1.29 is 4.79 Å². The van der Waals surface area contributed by atoms with Crippen LogP contribution in [0.25, 0.3) is 11.3 Å². The SMILES string of the molecule is CCn1nc(C)cc1C(=O)Nc1ccc(C)c(Nc2nccc(-c3cccnc3)n2)c1. The monoisotopic (exact) mass is 413 g/mol. The van der Waals surface area contributed by atoms with Crippen molar-refractivity contribution in [3.63, 3.8) is 0 Å². The summed E-state index contributed by atoms with van der Waals surface area (Å²) in [6, 6.07) is 13.1. The van der Waals surface area contributed by atoms with E-state index in [9.17, 15) is 4.79 Å². The zero-order valence-corrected chi connectivity index (χ0v) is 17.6. The Morgan fingerprint density at radius 1 is 1.10 bits per heavy atom. The molecule has 31 heavy (non-hydrogen) atoms. The van der Waals surface area contributed by atoms with Crippen LogP contribution >= 0.6 is 0 Å². The van der Waals surface area contributed by atoms with Crippen LogP contribution < -0.4 is 10.6 Å². The van der Waals surface area contributed by atoms with Crippen molar-refractivity contribution in [2.75, 3.05) is 10.6 Å². The van der Waals surface area contributed by atoms with E-state index in [1.165, 1.54) is 0 Å². The van der Waals surface area contributed by atoms with Gasteiger partial charge in [0.2, 0.25) is 5.95 Å². The zero-order chi connectivity index (χ0) is 21.8. The van der Waals surface area contributed by atoms with Crippen molar-refractivity contribution in [2.24, 2.45) is 0 Å². The van der Waals surface area contributed by atoms with E-state index in [0.717, 1.165) is 28.2 Å². The molecule has 0 saturated heterocycles. The summed E-state index contributed by atoms with van der Waals surface area (Å²) in [7, 11) is 0. The fourth-order valence-electron chi connectivity index (χ4n) is 3.21. The number of anilines is 3.